The summed E-state index contributed by atoms with van der Waals surface area (Å²) in [5, 5.41) is 4.10. The molecule has 2 heterocycles. The van der Waals surface area contributed by atoms with Crippen LogP contribution in [0.25, 0.3) is 5.52 Å². The molecule has 1 unspecified atom stereocenters. The lowest BCUT2D eigenvalue weighted by Crippen LogP contribution is -2.27. The van der Waals surface area contributed by atoms with E-state index in [9.17, 15) is 4.79 Å². The third-order valence-corrected chi connectivity index (χ3v) is 2.22. The Bertz CT molecular complexity index is 515. The van der Waals surface area contributed by atoms with Crippen molar-refractivity contribution in [1.82, 2.24) is 14.6 Å². The zero-order valence-electron chi connectivity index (χ0n) is 8.64. The minimum atomic E-state index is -0.539. The molecule has 0 aromatic carbocycles. The Kier molecular flexibility index (Phi) is 2.24. The molecule has 0 bridgehead atoms. The van der Waals surface area contributed by atoms with Crippen molar-refractivity contribution >= 4 is 11.3 Å². The smallest absolute Gasteiger partial charge is 0.199 e. The fourth-order valence-electron chi connectivity index (χ4n) is 1.47. The van der Waals surface area contributed by atoms with Gasteiger partial charge in [0.1, 0.15) is 11.5 Å². The lowest BCUT2D eigenvalue weighted by Gasteiger charge is -2.00. The molecule has 2 aromatic rings. The molecule has 0 aliphatic rings. The number of hydrogen-bond donors (Lipinski definition) is 1. The molecular formula is C10H12N4O. The second kappa shape index (κ2) is 3.43. The van der Waals surface area contributed by atoms with Gasteiger partial charge in [0.15, 0.2) is 5.78 Å². The van der Waals surface area contributed by atoms with Crippen LogP contribution in [0.4, 0.5) is 0 Å². The SMILES string of the molecule is Cc1nc(C(=O)C(C)N)c2cccnn12. The van der Waals surface area contributed by atoms with Gasteiger partial charge < -0.3 is 5.73 Å². The molecule has 2 aromatic heterocycles. The highest BCUT2D eigenvalue weighted by Gasteiger charge is 2.18. The van der Waals surface area contributed by atoms with E-state index in [1.807, 2.05) is 6.07 Å². The summed E-state index contributed by atoms with van der Waals surface area (Å²) in [5.74, 6) is 0.531. The molecule has 0 aliphatic carbocycles. The number of rotatable bonds is 2. The highest BCUT2D eigenvalue weighted by molar-refractivity contribution is 6.03. The fourth-order valence-corrected chi connectivity index (χ4v) is 1.47. The van der Waals surface area contributed by atoms with Gasteiger partial charge in [-0.3, -0.25) is 4.79 Å². The average Bonchev–Trinajstić information content (AvgIpc) is 2.56. The Balaban J connectivity index is 2.67. The van der Waals surface area contributed by atoms with E-state index >= 15 is 0 Å². The van der Waals surface area contributed by atoms with E-state index in [-0.39, 0.29) is 5.78 Å². The van der Waals surface area contributed by atoms with Gasteiger partial charge in [-0.2, -0.15) is 5.10 Å². The highest BCUT2D eigenvalue weighted by Crippen LogP contribution is 2.12. The fraction of sp³-hybridized carbons (Fsp3) is 0.300. The molecule has 0 spiro atoms. The predicted octanol–water partition coefficient (Wildman–Crippen LogP) is 0.568. The van der Waals surface area contributed by atoms with Crippen LogP contribution >= 0.6 is 0 Å². The number of aromatic nitrogens is 3. The predicted molar refractivity (Wildman–Crippen MR) is 55.7 cm³/mol. The maximum atomic E-state index is 11.7. The summed E-state index contributed by atoms with van der Waals surface area (Å²) in [6.45, 7) is 3.46. The quantitative estimate of drug-likeness (QED) is 0.726. The summed E-state index contributed by atoms with van der Waals surface area (Å²) in [4.78, 5) is 15.9. The van der Waals surface area contributed by atoms with Gasteiger partial charge >= 0.3 is 0 Å². The minimum absolute atomic E-state index is 0.159. The van der Waals surface area contributed by atoms with Gasteiger partial charge in [0.25, 0.3) is 0 Å². The van der Waals surface area contributed by atoms with E-state index in [1.54, 1.807) is 30.6 Å². The van der Waals surface area contributed by atoms with E-state index in [1.165, 1.54) is 0 Å². The number of fused-ring (bicyclic) bond motifs is 1. The number of hydrogen-bond acceptors (Lipinski definition) is 4. The van der Waals surface area contributed by atoms with Gasteiger partial charge in [0.2, 0.25) is 0 Å². The van der Waals surface area contributed by atoms with Crippen LogP contribution in [0.1, 0.15) is 23.2 Å². The summed E-state index contributed by atoms with van der Waals surface area (Å²) in [5.41, 5.74) is 6.65. The Morgan fingerprint density at radius 2 is 2.33 bits per heavy atom. The average molecular weight is 204 g/mol. The van der Waals surface area contributed by atoms with Crippen molar-refractivity contribution in [2.24, 2.45) is 5.73 Å². The van der Waals surface area contributed by atoms with Crippen molar-refractivity contribution in [1.29, 1.82) is 0 Å². The van der Waals surface area contributed by atoms with Crippen molar-refractivity contribution in [3.63, 3.8) is 0 Å². The van der Waals surface area contributed by atoms with Crippen molar-refractivity contribution in [2.45, 2.75) is 19.9 Å². The first-order valence-electron chi connectivity index (χ1n) is 4.71. The van der Waals surface area contributed by atoms with E-state index in [0.29, 0.717) is 17.0 Å². The van der Waals surface area contributed by atoms with Crippen LogP contribution in [0, 0.1) is 6.92 Å². The number of Topliss-reactive ketones (excluding diaryl/α,β-unsaturated/α-hetero) is 1. The second-order valence-electron chi connectivity index (χ2n) is 3.48. The number of aryl methyl sites for hydroxylation is 1. The standard InChI is InChI=1S/C10H12N4O/c1-6(11)10(15)9-8-4-3-5-12-14(8)7(2)13-9/h3-6H,11H2,1-2H3. The van der Waals surface area contributed by atoms with Crippen LogP contribution in [0.15, 0.2) is 18.3 Å². The van der Waals surface area contributed by atoms with Gasteiger partial charge in [0, 0.05) is 6.20 Å². The molecule has 5 nitrogen and oxygen atoms in total. The van der Waals surface area contributed by atoms with Gasteiger partial charge in [0.05, 0.1) is 11.6 Å². The number of ketones is 1. The largest absolute Gasteiger partial charge is 0.321 e. The molecule has 5 heteroatoms. The number of carbonyl (C=O) groups is 1. The Hall–Kier alpha value is -1.75. The maximum Gasteiger partial charge on any atom is 0.199 e. The Morgan fingerprint density at radius 1 is 1.60 bits per heavy atom. The van der Waals surface area contributed by atoms with Crippen LogP contribution in [0.3, 0.4) is 0 Å². The van der Waals surface area contributed by atoms with Gasteiger partial charge in [-0.1, -0.05) is 0 Å². The van der Waals surface area contributed by atoms with E-state index in [4.69, 9.17) is 5.73 Å². The van der Waals surface area contributed by atoms with Gasteiger partial charge in [-0.15, -0.1) is 0 Å². The molecule has 2 N–H and O–H groups in total. The molecule has 0 radical (unpaired) electrons. The first-order chi connectivity index (χ1) is 7.11. The normalized spacial score (nSPS) is 13.0. The summed E-state index contributed by atoms with van der Waals surface area (Å²) in [6.07, 6.45) is 1.65. The number of nitrogens with two attached hydrogens (primary N) is 1. The monoisotopic (exact) mass is 204 g/mol. The molecule has 2 rings (SSSR count). The first kappa shape index (κ1) is 9.79. The Labute approximate surface area is 86.9 Å². The zero-order valence-corrected chi connectivity index (χ0v) is 8.64. The third-order valence-electron chi connectivity index (χ3n) is 2.22. The second-order valence-corrected chi connectivity index (χ2v) is 3.48. The van der Waals surface area contributed by atoms with Crippen LogP contribution in [-0.4, -0.2) is 26.4 Å². The summed E-state index contributed by atoms with van der Waals surface area (Å²) in [7, 11) is 0. The number of carbonyl (C=O) groups excluding carboxylic acids is 1. The summed E-state index contributed by atoms with van der Waals surface area (Å²) >= 11 is 0. The van der Waals surface area contributed by atoms with Crippen LogP contribution in [0.5, 0.6) is 0 Å². The van der Waals surface area contributed by atoms with Crippen molar-refractivity contribution in [3.05, 3.63) is 29.8 Å². The molecule has 1 atom stereocenters. The Morgan fingerprint density at radius 3 is 3.00 bits per heavy atom. The molecule has 0 amide bonds. The zero-order chi connectivity index (χ0) is 11.0. The van der Waals surface area contributed by atoms with E-state index in [2.05, 4.69) is 10.1 Å². The van der Waals surface area contributed by atoms with Crippen molar-refractivity contribution in [2.75, 3.05) is 0 Å². The molecule has 15 heavy (non-hydrogen) atoms. The van der Waals surface area contributed by atoms with Gasteiger partial charge in [-0.25, -0.2) is 9.50 Å². The summed E-state index contributed by atoms with van der Waals surface area (Å²) < 4.78 is 1.63. The molecule has 0 saturated heterocycles. The van der Waals surface area contributed by atoms with Gasteiger partial charge in [-0.05, 0) is 26.0 Å². The lowest BCUT2D eigenvalue weighted by molar-refractivity contribution is 0.0965. The first-order valence-corrected chi connectivity index (χ1v) is 4.71. The van der Waals surface area contributed by atoms with Crippen molar-refractivity contribution in [3.8, 4) is 0 Å². The topological polar surface area (TPSA) is 73.3 Å². The molecule has 0 fully saturated rings. The minimum Gasteiger partial charge on any atom is -0.321 e. The van der Waals surface area contributed by atoms with Crippen molar-refractivity contribution < 1.29 is 4.79 Å². The maximum absolute atomic E-state index is 11.7. The van der Waals surface area contributed by atoms with Crippen LogP contribution < -0.4 is 5.73 Å². The highest BCUT2D eigenvalue weighted by atomic mass is 16.1. The molecule has 0 saturated carbocycles. The number of nitrogens with zero attached hydrogens (tertiary/aromatic N) is 3. The third kappa shape index (κ3) is 1.50. The van der Waals surface area contributed by atoms with Crippen LogP contribution in [-0.2, 0) is 0 Å². The number of imidazole rings is 1. The molecular weight excluding hydrogens is 192 g/mol. The summed E-state index contributed by atoms with van der Waals surface area (Å²) in [6, 6.07) is 3.04. The van der Waals surface area contributed by atoms with E-state index in [0.717, 1.165) is 0 Å². The lowest BCUT2D eigenvalue weighted by atomic mass is 10.1. The molecule has 78 valence electrons. The van der Waals surface area contributed by atoms with E-state index < -0.39 is 6.04 Å². The molecule has 0 aliphatic heterocycles. The van der Waals surface area contributed by atoms with Crippen LogP contribution in [0.2, 0.25) is 0 Å².